The van der Waals surface area contributed by atoms with Gasteiger partial charge in [-0.2, -0.15) is 5.10 Å². The Morgan fingerprint density at radius 2 is 2.10 bits per heavy atom. The molecule has 20 heavy (non-hydrogen) atoms. The van der Waals surface area contributed by atoms with Crippen molar-refractivity contribution in [3.8, 4) is 0 Å². The Hall–Kier alpha value is -1.14. The van der Waals surface area contributed by atoms with Gasteiger partial charge in [-0.1, -0.05) is 6.92 Å². The van der Waals surface area contributed by atoms with Gasteiger partial charge in [-0.15, -0.1) is 0 Å². The first-order valence-electron chi connectivity index (χ1n) is 7.33. The number of nitrogens with zero attached hydrogens (tertiary/aromatic N) is 4. The fourth-order valence-electron chi connectivity index (χ4n) is 2.32. The van der Waals surface area contributed by atoms with E-state index in [2.05, 4.69) is 40.3 Å². The topological polar surface area (TPSA) is 36.3 Å². The maximum atomic E-state index is 5.47. The van der Waals surface area contributed by atoms with Crippen molar-refractivity contribution in [2.45, 2.75) is 32.9 Å². The molecule has 0 radical (unpaired) electrons. The highest BCUT2D eigenvalue weighted by Crippen LogP contribution is 2.08. The molecular formula is C14H25N5S. The smallest absolute Gasteiger partial charge is 0.169 e. The van der Waals surface area contributed by atoms with Crippen LogP contribution in [0.2, 0.25) is 0 Å². The number of hydrogen-bond acceptors (Lipinski definition) is 3. The van der Waals surface area contributed by atoms with E-state index >= 15 is 0 Å². The van der Waals surface area contributed by atoms with Gasteiger partial charge in [0.15, 0.2) is 5.11 Å². The van der Waals surface area contributed by atoms with E-state index in [1.165, 1.54) is 5.56 Å². The summed E-state index contributed by atoms with van der Waals surface area (Å²) < 4.78 is 1.86. The molecule has 6 heteroatoms. The Balaban J connectivity index is 1.76. The van der Waals surface area contributed by atoms with Crippen LogP contribution < -0.4 is 5.32 Å². The Labute approximate surface area is 126 Å². The van der Waals surface area contributed by atoms with E-state index in [1.807, 2.05) is 17.9 Å². The lowest BCUT2D eigenvalue weighted by Gasteiger charge is -2.36. The molecule has 1 N–H and O–H groups in total. The predicted octanol–water partition coefficient (Wildman–Crippen LogP) is 1.21. The van der Waals surface area contributed by atoms with Crippen molar-refractivity contribution in [3.05, 3.63) is 18.0 Å². The molecule has 1 unspecified atom stereocenters. The van der Waals surface area contributed by atoms with E-state index in [0.717, 1.165) is 44.3 Å². The number of aromatic nitrogens is 2. The molecule has 5 nitrogen and oxygen atoms in total. The van der Waals surface area contributed by atoms with E-state index < -0.39 is 0 Å². The van der Waals surface area contributed by atoms with Gasteiger partial charge in [-0.05, 0) is 25.6 Å². The van der Waals surface area contributed by atoms with Crippen molar-refractivity contribution in [2.75, 3.05) is 26.2 Å². The number of nitrogens with one attached hydrogen (secondary N) is 1. The number of piperazine rings is 1. The second-order valence-corrected chi connectivity index (χ2v) is 5.93. The SMILES string of the molecule is CCC(C)NC(=S)N1CCN(Cc2cnn(C)c2)CC1. The highest BCUT2D eigenvalue weighted by atomic mass is 32.1. The van der Waals surface area contributed by atoms with Crippen LogP contribution >= 0.6 is 12.2 Å². The van der Waals surface area contributed by atoms with E-state index in [1.54, 1.807) is 0 Å². The molecule has 1 saturated heterocycles. The van der Waals surface area contributed by atoms with Crippen LogP contribution in [0.4, 0.5) is 0 Å². The number of aryl methyl sites for hydroxylation is 1. The molecule has 0 saturated carbocycles. The second kappa shape index (κ2) is 7.04. The maximum absolute atomic E-state index is 5.47. The fraction of sp³-hybridized carbons (Fsp3) is 0.714. The standard InChI is InChI=1S/C14H25N5S/c1-4-12(2)16-14(20)19-7-5-18(6-8-19)11-13-9-15-17(3)10-13/h9-10,12H,4-8,11H2,1-3H3,(H,16,20). The molecule has 1 aliphatic rings. The molecule has 1 aromatic heterocycles. The van der Waals surface area contributed by atoms with Gasteiger partial charge in [0.25, 0.3) is 0 Å². The summed E-state index contributed by atoms with van der Waals surface area (Å²) >= 11 is 5.47. The Morgan fingerprint density at radius 3 is 2.65 bits per heavy atom. The van der Waals surface area contributed by atoms with Crippen LogP contribution in [0.25, 0.3) is 0 Å². The average Bonchev–Trinajstić information content (AvgIpc) is 2.84. The highest BCUT2D eigenvalue weighted by Gasteiger charge is 2.19. The summed E-state index contributed by atoms with van der Waals surface area (Å²) in [6.07, 6.45) is 5.13. The molecule has 0 aliphatic carbocycles. The summed E-state index contributed by atoms with van der Waals surface area (Å²) in [4.78, 5) is 4.74. The molecule has 2 heterocycles. The molecule has 0 spiro atoms. The molecule has 1 aromatic rings. The first-order valence-corrected chi connectivity index (χ1v) is 7.74. The van der Waals surface area contributed by atoms with Gasteiger partial charge in [0, 0.05) is 57.6 Å². The van der Waals surface area contributed by atoms with Crippen molar-refractivity contribution in [3.63, 3.8) is 0 Å². The summed E-state index contributed by atoms with van der Waals surface area (Å²) in [6, 6.07) is 0.455. The Kier molecular flexibility index (Phi) is 5.37. The minimum absolute atomic E-state index is 0.455. The van der Waals surface area contributed by atoms with Crippen molar-refractivity contribution in [1.29, 1.82) is 0 Å². The van der Waals surface area contributed by atoms with E-state index in [4.69, 9.17) is 12.2 Å². The minimum Gasteiger partial charge on any atom is -0.360 e. The number of hydrogen-bond donors (Lipinski definition) is 1. The number of thiocarbonyl (C=S) groups is 1. The molecular weight excluding hydrogens is 270 g/mol. The molecule has 1 fully saturated rings. The van der Waals surface area contributed by atoms with Crippen molar-refractivity contribution in [1.82, 2.24) is 24.9 Å². The second-order valence-electron chi connectivity index (χ2n) is 5.54. The Morgan fingerprint density at radius 1 is 1.40 bits per heavy atom. The quantitative estimate of drug-likeness (QED) is 0.845. The largest absolute Gasteiger partial charge is 0.360 e. The van der Waals surface area contributed by atoms with Crippen LogP contribution in [0.1, 0.15) is 25.8 Å². The van der Waals surface area contributed by atoms with Gasteiger partial charge < -0.3 is 10.2 Å². The van der Waals surface area contributed by atoms with Gasteiger partial charge in [0.1, 0.15) is 0 Å². The maximum Gasteiger partial charge on any atom is 0.169 e. The van der Waals surface area contributed by atoms with Crippen molar-refractivity contribution < 1.29 is 0 Å². The predicted molar refractivity (Wildman–Crippen MR) is 85.5 cm³/mol. The van der Waals surface area contributed by atoms with Crippen LogP contribution in [-0.2, 0) is 13.6 Å². The van der Waals surface area contributed by atoms with E-state index in [0.29, 0.717) is 6.04 Å². The monoisotopic (exact) mass is 295 g/mol. The van der Waals surface area contributed by atoms with Crippen LogP contribution in [0.3, 0.4) is 0 Å². The third kappa shape index (κ3) is 4.18. The highest BCUT2D eigenvalue weighted by molar-refractivity contribution is 7.80. The van der Waals surface area contributed by atoms with Crippen LogP contribution in [-0.4, -0.2) is 56.9 Å². The molecule has 1 atom stereocenters. The van der Waals surface area contributed by atoms with Crippen molar-refractivity contribution >= 4 is 17.3 Å². The molecule has 0 aromatic carbocycles. The summed E-state index contributed by atoms with van der Waals surface area (Å²) in [6.45, 7) is 9.43. The fourth-order valence-corrected chi connectivity index (χ4v) is 2.71. The summed E-state index contributed by atoms with van der Waals surface area (Å²) in [5.41, 5.74) is 1.28. The van der Waals surface area contributed by atoms with E-state index in [-0.39, 0.29) is 0 Å². The Bertz CT molecular complexity index is 437. The lowest BCUT2D eigenvalue weighted by atomic mass is 10.2. The molecule has 112 valence electrons. The summed E-state index contributed by atoms with van der Waals surface area (Å²) in [5, 5.41) is 8.51. The zero-order valence-electron chi connectivity index (χ0n) is 12.7. The normalized spacial score (nSPS) is 18.1. The van der Waals surface area contributed by atoms with Gasteiger partial charge in [0.2, 0.25) is 0 Å². The lowest BCUT2D eigenvalue weighted by molar-refractivity contribution is 0.174. The van der Waals surface area contributed by atoms with Gasteiger partial charge in [-0.25, -0.2) is 0 Å². The van der Waals surface area contributed by atoms with Crippen molar-refractivity contribution in [2.24, 2.45) is 7.05 Å². The lowest BCUT2D eigenvalue weighted by Crippen LogP contribution is -2.52. The zero-order valence-corrected chi connectivity index (χ0v) is 13.5. The molecule has 2 rings (SSSR count). The molecule has 0 amide bonds. The first-order chi connectivity index (χ1) is 9.58. The van der Waals surface area contributed by atoms with Gasteiger partial charge >= 0.3 is 0 Å². The zero-order chi connectivity index (χ0) is 14.5. The van der Waals surface area contributed by atoms with Crippen LogP contribution in [0.5, 0.6) is 0 Å². The third-order valence-corrected chi connectivity index (χ3v) is 4.18. The molecule has 1 aliphatic heterocycles. The summed E-state index contributed by atoms with van der Waals surface area (Å²) in [5.74, 6) is 0. The van der Waals surface area contributed by atoms with E-state index in [9.17, 15) is 0 Å². The first kappa shape index (κ1) is 15.3. The minimum atomic E-state index is 0.455. The van der Waals surface area contributed by atoms with Gasteiger partial charge in [0.05, 0.1) is 6.20 Å². The van der Waals surface area contributed by atoms with Crippen LogP contribution in [0.15, 0.2) is 12.4 Å². The summed E-state index contributed by atoms with van der Waals surface area (Å²) in [7, 11) is 1.96. The third-order valence-electron chi connectivity index (χ3n) is 3.81. The molecule has 0 bridgehead atoms. The average molecular weight is 295 g/mol. The number of rotatable bonds is 4. The van der Waals surface area contributed by atoms with Gasteiger partial charge in [-0.3, -0.25) is 9.58 Å². The van der Waals surface area contributed by atoms with Crippen LogP contribution in [0, 0.1) is 0 Å².